The quantitative estimate of drug-likeness (QED) is 0.663. The summed E-state index contributed by atoms with van der Waals surface area (Å²) in [6.07, 6.45) is -0.432. The molecule has 13 heavy (non-hydrogen) atoms. The largest absolute Gasteiger partial charge is 0.465 e. The van der Waals surface area contributed by atoms with Crippen molar-refractivity contribution < 1.29 is 18.3 Å². The van der Waals surface area contributed by atoms with Gasteiger partial charge in [0, 0.05) is 18.0 Å². The molecule has 0 unspecified atom stereocenters. The molecule has 0 fully saturated rings. The van der Waals surface area contributed by atoms with Crippen LogP contribution in [-0.4, -0.2) is 18.1 Å². The number of methoxy groups -OCH3 is 1. The van der Waals surface area contributed by atoms with E-state index in [1.807, 2.05) is 0 Å². The van der Waals surface area contributed by atoms with Crippen molar-refractivity contribution in [1.82, 2.24) is 4.98 Å². The molecule has 0 amide bonds. The van der Waals surface area contributed by atoms with E-state index in [9.17, 15) is 13.6 Å². The maximum Gasteiger partial charge on any atom is 0.339 e. The van der Waals surface area contributed by atoms with Crippen molar-refractivity contribution in [2.24, 2.45) is 0 Å². The van der Waals surface area contributed by atoms with Gasteiger partial charge >= 0.3 is 5.97 Å². The van der Waals surface area contributed by atoms with Crippen LogP contribution in [0.2, 0.25) is 0 Å². The predicted octanol–water partition coefficient (Wildman–Crippen LogP) is 1.81. The Morgan fingerprint density at radius 3 is 2.85 bits per heavy atom. The van der Waals surface area contributed by atoms with Gasteiger partial charge in [-0.15, -0.1) is 0 Å². The summed E-state index contributed by atoms with van der Waals surface area (Å²) in [6, 6.07) is 1.09. The van der Waals surface area contributed by atoms with Crippen molar-refractivity contribution in [2.45, 2.75) is 6.43 Å². The van der Waals surface area contributed by atoms with Crippen molar-refractivity contribution in [1.29, 1.82) is 0 Å². The smallest absolute Gasteiger partial charge is 0.339 e. The lowest BCUT2D eigenvalue weighted by molar-refractivity contribution is 0.0588. The fraction of sp³-hybridized carbons (Fsp3) is 0.250. The van der Waals surface area contributed by atoms with Crippen LogP contribution in [-0.2, 0) is 4.74 Å². The highest BCUT2D eigenvalue weighted by molar-refractivity contribution is 5.90. The summed E-state index contributed by atoms with van der Waals surface area (Å²) in [7, 11) is 1.13. The van der Waals surface area contributed by atoms with Crippen molar-refractivity contribution in [3.8, 4) is 0 Å². The Hall–Kier alpha value is -1.52. The third-order valence-electron chi connectivity index (χ3n) is 1.50. The molecule has 1 aromatic rings. The Bertz CT molecular complexity index is 315. The Morgan fingerprint density at radius 1 is 1.62 bits per heavy atom. The zero-order valence-corrected chi connectivity index (χ0v) is 6.83. The molecular formula is C8H7F2NO2. The van der Waals surface area contributed by atoms with E-state index in [1.54, 1.807) is 0 Å². The highest BCUT2D eigenvalue weighted by Gasteiger charge is 2.18. The number of pyridine rings is 1. The molecule has 3 nitrogen and oxygen atoms in total. The van der Waals surface area contributed by atoms with E-state index < -0.39 is 12.4 Å². The minimum absolute atomic E-state index is 0.194. The lowest BCUT2D eigenvalue weighted by Crippen LogP contribution is -2.06. The second kappa shape index (κ2) is 3.93. The molecule has 0 bridgehead atoms. The molecule has 0 atom stereocenters. The standard InChI is InChI=1S/C8H7F2NO2/c1-13-8(12)6-4-11-3-2-5(6)7(9)10/h2-4,7H,1H3. The molecular weight excluding hydrogens is 180 g/mol. The van der Waals surface area contributed by atoms with Gasteiger partial charge in [0.1, 0.15) is 0 Å². The lowest BCUT2D eigenvalue weighted by Gasteiger charge is -2.04. The van der Waals surface area contributed by atoms with E-state index in [4.69, 9.17) is 0 Å². The molecule has 0 aromatic carbocycles. The molecule has 0 aliphatic carbocycles. The summed E-state index contributed by atoms with van der Waals surface area (Å²) < 4.78 is 28.9. The zero-order valence-electron chi connectivity index (χ0n) is 6.83. The van der Waals surface area contributed by atoms with Crippen LogP contribution >= 0.6 is 0 Å². The number of carbonyl (C=O) groups is 1. The second-order valence-corrected chi connectivity index (χ2v) is 2.26. The molecule has 0 radical (unpaired) electrons. The fourth-order valence-electron chi connectivity index (χ4n) is 0.876. The van der Waals surface area contributed by atoms with Crippen LogP contribution in [0.1, 0.15) is 22.3 Å². The second-order valence-electron chi connectivity index (χ2n) is 2.26. The van der Waals surface area contributed by atoms with Crippen molar-refractivity contribution in [2.75, 3.05) is 7.11 Å². The average molecular weight is 187 g/mol. The SMILES string of the molecule is COC(=O)c1cnccc1C(F)F. The Kier molecular flexibility index (Phi) is 2.89. The van der Waals surface area contributed by atoms with Gasteiger partial charge in [-0.2, -0.15) is 0 Å². The maximum atomic E-state index is 12.3. The molecule has 0 saturated carbocycles. The molecule has 70 valence electrons. The van der Waals surface area contributed by atoms with Crippen LogP contribution in [0.25, 0.3) is 0 Å². The molecule has 0 N–H and O–H groups in total. The van der Waals surface area contributed by atoms with Crippen LogP contribution in [0.15, 0.2) is 18.5 Å². The van der Waals surface area contributed by atoms with Crippen LogP contribution < -0.4 is 0 Å². The normalized spacial score (nSPS) is 10.2. The number of ether oxygens (including phenoxy) is 1. The van der Waals surface area contributed by atoms with E-state index in [0.717, 1.165) is 19.4 Å². The van der Waals surface area contributed by atoms with Crippen LogP contribution in [0.5, 0.6) is 0 Å². The van der Waals surface area contributed by atoms with Crippen LogP contribution in [0.4, 0.5) is 8.78 Å². The summed E-state index contributed by atoms with van der Waals surface area (Å²) in [4.78, 5) is 14.5. The van der Waals surface area contributed by atoms with E-state index >= 15 is 0 Å². The topological polar surface area (TPSA) is 39.2 Å². The number of esters is 1. The molecule has 0 spiro atoms. The van der Waals surface area contributed by atoms with Gasteiger partial charge in [0.2, 0.25) is 0 Å². The first-order valence-electron chi connectivity index (χ1n) is 3.47. The maximum absolute atomic E-state index is 12.3. The molecule has 0 aliphatic rings. The Labute approximate surface area is 73.4 Å². The monoisotopic (exact) mass is 187 g/mol. The van der Waals surface area contributed by atoms with Crippen LogP contribution in [0, 0.1) is 0 Å². The van der Waals surface area contributed by atoms with E-state index in [-0.39, 0.29) is 11.1 Å². The Balaban J connectivity index is 3.12. The predicted molar refractivity (Wildman–Crippen MR) is 40.5 cm³/mol. The molecule has 1 aromatic heterocycles. The summed E-state index contributed by atoms with van der Waals surface area (Å²) in [5.74, 6) is -0.802. The number of nitrogens with zero attached hydrogens (tertiary/aromatic N) is 1. The van der Waals surface area contributed by atoms with E-state index in [1.165, 1.54) is 6.20 Å². The first-order chi connectivity index (χ1) is 6.16. The third-order valence-corrected chi connectivity index (χ3v) is 1.50. The number of alkyl halides is 2. The number of carbonyl (C=O) groups excluding carboxylic acids is 1. The van der Waals surface area contributed by atoms with Crippen molar-refractivity contribution in [3.05, 3.63) is 29.6 Å². The first kappa shape index (κ1) is 9.57. The molecule has 1 rings (SSSR count). The van der Waals surface area contributed by atoms with Crippen molar-refractivity contribution >= 4 is 5.97 Å². The summed E-state index contributed by atoms with van der Waals surface area (Å²) >= 11 is 0. The first-order valence-corrected chi connectivity index (χ1v) is 3.47. The van der Waals surface area contributed by atoms with Gasteiger partial charge in [-0.25, -0.2) is 13.6 Å². The summed E-state index contributed by atoms with van der Waals surface area (Å²) in [5.41, 5.74) is -0.554. The zero-order chi connectivity index (χ0) is 9.84. The van der Waals surface area contributed by atoms with Gasteiger partial charge in [-0.3, -0.25) is 4.98 Å². The number of hydrogen-bond donors (Lipinski definition) is 0. The van der Waals surface area contributed by atoms with Gasteiger partial charge < -0.3 is 4.74 Å². The number of halogens is 2. The highest BCUT2D eigenvalue weighted by Crippen LogP contribution is 2.22. The fourth-order valence-corrected chi connectivity index (χ4v) is 0.876. The van der Waals surface area contributed by atoms with Gasteiger partial charge in [0.25, 0.3) is 6.43 Å². The third kappa shape index (κ3) is 1.99. The number of hydrogen-bond acceptors (Lipinski definition) is 3. The van der Waals surface area contributed by atoms with Gasteiger partial charge in [0.05, 0.1) is 12.7 Å². The number of rotatable bonds is 2. The van der Waals surface area contributed by atoms with E-state index in [0.29, 0.717) is 0 Å². The Morgan fingerprint density at radius 2 is 2.31 bits per heavy atom. The van der Waals surface area contributed by atoms with Gasteiger partial charge in [-0.05, 0) is 6.07 Å². The summed E-state index contributed by atoms with van der Waals surface area (Å²) in [5, 5.41) is 0. The lowest BCUT2D eigenvalue weighted by atomic mass is 10.1. The highest BCUT2D eigenvalue weighted by atomic mass is 19.3. The molecule has 1 heterocycles. The summed E-state index contributed by atoms with van der Waals surface area (Å²) in [6.45, 7) is 0. The average Bonchev–Trinajstić information content (AvgIpc) is 2.16. The van der Waals surface area contributed by atoms with Gasteiger partial charge in [0.15, 0.2) is 0 Å². The minimum atomic E-state index is -2.70. The number of aromatic nitrogens is 1. The van der Waals surface area contributed by atoms with Crippen molar-refractivity contribution in [3.63, 3.8) is 0 Å². The molecule has 5 heteroatoms. The van der Waals surface area contributed by atoms with Crippen LogP contribution in [0.3, 0.4) is 0 Å². The molecule has 0 aliphatic heterocycles. The van der Waals surface area contributed by atoms with E-state index in [2.05, 4.69) is 9.72 Å². The minimum Gasteiger partial charge on any atom is -0.465 e. The van der Waals surface area contributed by atoms with Gasteiger partial charge in [-0.1, -0.05) is 0 Å². The molecule has 0 saturated heterocycles.